The molecule has 8 atom stereocenters. The first-order valence-corrected chi connectivity index (χ1v) is 19.2. The van der Waals surface area contributed by atoms with Crippen molar-refractivity contribution in [3.8, 4) is 0 Å². The Bertz CT molecular complexity index is 915. The Labute approximate surface area is 267 Å². The monoisotopic (exact) mass is 595 g/mol. The molecule has 0 saturated heterocycles. The van der Waals surface area contributed by atoms with Gasteiger partial charge >= 0.3 is 5.97 Å². The predicted molar refractivity (Wildman–Crippen MR) is 184 cm³/mol. The molecule has 4 aliphatic carbocycles. The van der Waals surface area contributed by atoms with E-state index in [-0.39, 0.29) is 12.1 Å². The van der Waals surface area contributed by atoms with Gasteiger partial charge in [0.25, 0.3) is 0 Å². The molecular weight excluding hydrogens is 524 g/mol. The number of unbranched alkanes of at least 4 members (excludes halogenated alkanes) is 7. The second-order valence-corrected chi connectivity index (χ2v) is 16.6. The van der Waals surface area contributed by atoms with Crippen LogP contribution in [0.4, 0.5) is 0 Å². The van der Waals surface area contributed by atoms with E-state index < -0.39 is 0 Å². The minimum Gasteiger partial charge on any atom is -0.462 e. The average Bonchev–Trinajstić information content (AvgIpc) is 3.33. The fourth-order valence-electron chi connectivity index (χ4n) is 10.6. The highest BCUT2D eigenvalue weighted by Gasteiger charge is 2.59. The molecule has 0 spiro atoms. The highest BCUT2D eigenvalue weighted by molar-refractivity contribution is 5.69. The maximum atomic E-state index is 12.7. The summed E-state index contributed by atoms with van der Waals surface area (Å²) in [6, 6.07) is 0. The SMILES string of the molecule is CCCC/C=C\CCCCCCCC(=O)OC1CCC2(C)C(=CCC3C2CCC2(C)C(C(C)CCCC(C)C)CCC32)C1. The van der Waals surface area contributed by atoms with Crippen molar-refractivity contribution in [3.05, 3.63) is 23.8 Å². The minimum absolute atomic E-state index is 0.0506. The van der Waals surface area contributed by atoms with Gasteiger partial charge in [-0.1, -0.05) is 117 Å². The summed E-state index contributed by atoms with van der Waals surface area (Å²) in [5, 5.41) is 0. The number of carbonyl (C=O) groups is 1. The summed E-state index contributed by atoms with van der Waals surface area (Å²) in [5.74, 6) is 5.32. The number of fused-ring (bicyclic) bond motifs is 5. The molecule has 43 heavy (non-hydrogen) atoms. The number of hydrogen-bond donors (Lipinski definition) is 0. The second-order valence-electron chi connectivity index (χ2n) is 16.6. The number of allylic oxidation sites excluding steroid dienone is 3. The molecule has 0 N–H and O–H groups in total. The Balaban J connectivity index is 1.20. The first kappa shape index (κ1) is 34.8. The van der Waals surface area contributed by atoms with Gasteiger partial charge in [-0.3, -0.25) is 4.79 Å². The van der Waals surface area contributed by atoms with Gasteiger partial charge in [-0.05, 0) is 117 Å². The molecule has 0 aromatic heterocycles. The molecule has 2 nitrogen and oxygen atoms in total. The maximum absolute atomic E-state index is 12.7. The van der Waals surface area contributed by atoms with Crippen molar-refractivity contribution >= 4 is 5.97 Å². The normalized spacial score (nSPS) is 34.5. The Morgan fingerprint density at radius 3 is 2.40 bits per heavy atom. The van der Waals surface area contributed by atoms with Gasteiger partial charge in [0, 0.05) is 12.8 Å². The molecule has 2 heteroatoms. The molecular formula is C41H70O2. The van der Waals surface area contributed by atoms with Gasteiger partial charge < -0.3 is 4.74 Å². The largest absolute Gasteiger partial charge is 0.462 e. The first-order valence-electron chi connectivity index (χ1n) is 19.2. The van der Waals surface area contributed by atoms with Gasteiger partial charge in [0.05, 0.1) is 0 Å². The molecule has 0 radical (unpaired) electrons. The molecule has 0 bridgehead atoms. The third-order valence-electron chi connectivity index (χ3n) is 13.2. The maximum Gasteiger partial charge on any atom is 0.306 e. The molecule has 0 aliphatic heterocycles. The highest BCUT2D eigenvalue weighted by Crippen LogP contribution is 2.67. The average molecular weight is 595 g/mol. The van der Waals surface area contributed by atoms with E-state index in [1.165, 1.54) is 103 Å². The van der Waals surface area contributed by atoms with Crippen LogP contribution in [0, 0.1) is 46.3 Å². The number of ether oxygens (including phenoxy) is 1. The molecule has 3 saturated carbocycles. The van der Waals surface area contributed by atoms with Crippen molar-refractivity contribution in [1.82, 2.24) is 0 Å². The van der Waals surface area contributed by atoms with Gasteiger partial charge in [-0.15, -0.1) is 0 Å². The predicted octanol–water partition coefficient (Wildman–Crippen LogP) is 12.4. The zero-order valence-electron chi connectivity index (χ0n) is 29.4. The Morgan fingerprint density at radius 2 is 1.63 bits per heavy atom. The van der Waals surface area contributed by atoms with E-state index in [0.29, 0.717) is 17.3 Å². The van der Waals surface area contributed by atoms with Crippen molar-refractivity contribution in [3.63, 3.8) is 0 Å². The van der Waals surface area contributed by atoms with Gasteiger partial charge in [-0.2, -0.15) is 0 Å². The minimum atomic E-state index is 0.0506. The molecule has 0 aromatic rings. The van der Waals surface area contributed by atoms with E-state index in [9.17, 15) is 4.79 Å². The van der Waals surface area contributed by atoms with Crippen LogP contribution in [0.2, 0.25) is 0 Å². The number of esters is 1. The van der Waals surface area contributed by atoms with Crippen molar-refractivity contribution in [2.75, 3.05) is 0 Å². The summed E-state index contributed by atoms with van der Waals surface area (Å²) in [5.41, 5.74) is 2.53. The van der Waals surface area contributed by atoms with Crippen LogP contribution in [0.3, 0.4) is 0 Å². The highest BCUT2D eigenvalue weighted by atomic mass is 16.5. The number of rotatable bonds is 17. The second kappa shape index (κ2) is 16.5. The van der Waals surface area contributed by atoms with Crippen molar-refractivity contribution in [1.29, 1.82) is 0 Å². The van der Waals surface area contributed by atoms with Crippen LogP contribution in [0.5, 0.6) is 0 Å². The lowest BCUT2D eigenvalue weighted by atomic mass is 9.47. The zero-order chi connectivity index (χ0) is 30.9. The van der Waals surface area contributed by atoms with Crippen LogP contribution in [0.15, 0.2) is 23.8 Å². The first-order chi connectivity index (χ1) is 20.7. The summed E-state index contributed by atoms with van der Waals surface area (Å²) in [6.07, 6.45) is 33.6. The van der Waals surface area contributed by atoms with Crippen molar-refractivity contribution < 1.29 is 9.53 Å². The van der Waals surface area contributed by atoms with E-state index in [1.54, 1.807) is 5.57 Å². The summed E-state index contributed by atoms with van der Waals surface area (Å²) >= 11 is 0. The van der Waals surface area contributed by atoms with Gasteiger partial charge in [0.15, 0.2) is 0 Å². The molecule has 8 unspecified atom stereocenters. The third-order valence-corrected chi connectivity index (χ3v) is 13.2. The fourth-order valence-corrected chi connectivity index (χ4v) is 10.6. The van der Waals surface area contributed by atoms with Crippen LogP contribution >= 0.6 is 0 Å². The number of hydrogen-bond acceptors (Lipinski definition) is 2. The number of carbonyl (C=O) groups excluding carboxylic acids is 1. The van der Waals surface area contributed by atoms with E-state index in [0.717, 1.165) is 61.2 Å². The summed E-state index contributed by atoms with van der Waals surface area (Å²) in [4.78, 5) is 12.7. The van der Waals surface area contributed by atoms with Gasteiger partial charge in [0.1, 0.15) is 6.10 Å². The lowest BCUT2D eigenvalue weighted by Crippen LogP contribution is -2.51. The van der Waals surface area contributed by atoms with Crippen molar-refractivity contribution in [2.24, 2.45) is 46.3 Å². The van der Waals surface area contributed by atoms with E-state index in [4.69, 9.17) is 4.74 Å². The Kier molecular flexibility index (Phi) is 13.4. The molecule has 4 aliphatic rings. The third kappa shape index (κ3) is 8.82. The van der Waals surface area contributed by atoms with Crippen LogP contribution in [0.1, 0.15) is 176 Å². The van der Waals surface area contributed by atoms with Crippen LogP contribution in [-0.2, 0) is 9.53 Å². The standard InChI is InChI=1S/C41H70O2/c1-7-8-9-10-11-12-13-14-15-16-17-21-39(42)43-34-26-28-40(5)33(30-34)22-23-35-37-25-24-36(32(4)20-18-19-31(2)3)41(37,6)29-27-38(35)40/h10-11,22,31-32,34-38H,7-9,12-21,23-30H2,1-6H3/b11-10-. The van der Waals surface area contributed by atoms with Gasteiger partial charge in [0.2, 0.25) is 0 Å². The smallest absolute Gasteiger partial charge is 0.306 e. The van der Waals surface area contributed by atoms with Crippen molar-refractivity contribution in [2.45, 2.75) is 182 Å². The Morgan fingerprint density at radius 1 is 0.884 bits per heavy atom. The lowest BCUT2D eigenvalue weighted by Gasteiger charge is -2.58. The van der Waals surface area contributed by atoms with E-state index in [2.05, 4.69) is 59.8 Å². The van der Waals surface area contributed by atoms with Crippen LogP contribution in [0.25, 0.3) is 0 Å². The summed E-state index contributed by atoms with van der Waals surface area (Å²) < 4.78 is 6.10. The van der Waals surface area contributed by atoms with Crippen LogP contribution < -0.4 is 0 Å². The fraction of sp³-hybridized carbons (Fsp3) is 0.878. The molecule has 246 valence electrons. The zero-order valence-corrected chi connectivity index (χ0v) is 29.4. The van der Waals surface area contributed by atoms with Crippen LogP contribution in [-0.4, -0.2) is 12.1 Å². The summed E-state index contributed by atoms with van der Waals surface area (Å²) in [6.45, 7) is 14.9. The molecule has 0 amide bonds. The molecule has 3 fully saturated rings. The van der Waals surface area contributed by atoms with E-state index in [1.807, 2.05) is 0 Å². The quantitative estimate of drug-likeness (QED) is 0.0951. The topological polar surface area (TPSA) is 26.3 Å². The Hall–Kier alpha value is -1.05. The molecule has 0 heterocycles. The van der Waals surface area contributed by atoms with Gasteiger partial charge in [-0.25, -0.2) is 0 Å². The lowest BCUT2D eigenvalue weighted by molar-refractivity contribution is -0.151. The molecule has 4 rings (SSSR count). The molecule has 0 aromatic carbocycles. The van der Waals surface area contributed by atoms with E-state index >= 15 is 0 Å². The summed E-state index contributed by atoms with van der Waals surface area (Å²) in [7, 11) is 0.